The SMILES string of the molecule is NCCCC[C@H](NC(=O)CCCC[C@@H]1SC[C@@H]2NC(=O)N[C@@H]21)C(=O)NCC(=O)N[C@@H](Cc1c[nH]cn1)C(=O)O. The second-order valence-electron chi connectivity index (χ2n) is 9.71. The van der Waals surface area contributed by atoms with Gasteiger partial charge in [-0.15, -0.1) is 0 Å². The zero-order valence-electron chi connectivity index (χ0n) is 21.7. The van der Waals surface area contributed by atoms with E-state index in [0.29, 0.717) is 43.2 Å². The maximum absolute atomic E-state index is 12.8. The highest BCUT2D eigenvalue weighted by Crippen LogP contribution is 2.33. The van der Waals surface area contributed by atoms with Crippen molar-refractivity contribution < 1.29 is 29.1 Å². The second kappa shape index (κ2) is 15.3. The van der Waals surface area contributed by atoms with Gasteiger partial charge in [0.2, 0.25) is 17.7 Å². The number of carbonyl (C=O) groups is 5. The molecule has 0 radical (unpaired) electrons. The van der Waals surface area contributed by atoms with Gasteiger partial charge in [-0.2, -0.15) is 11.8 Å². The smallest absolute Gasteiger partial charge is 0.326 e. The molecule has 5 atom stereocenters. The quantitative estimate of drug-likeness (QED) is 0.0852. The topological polar surface area (TPSA) is 220 Å². The molecule has 2 saturated heterocycles. The summed E-state index contributed by atoms with van der Waals surface area (Å²) in [5.74, 6) is -1.79. The number of carbonyl (C=O) groups excluding carboxylic acids is 4. The van der Waals surface area contributed by atoms with Crippen LogP contribution in [0.3, 0.4) is 0 Å². The van der Waals surface area contributed by atoms with Crippen LogP contribution >= 0.6 is 11.8 Å². The van der Waals surface area contributed by atoms with E-state index >= 15 is 0 Å². The molecule has 14 nitrogen and oxygen atoms in total. The van der Waals surface area contributed by atoms with E-state index in [9.17, 15) is 29.1 Å². The highest BCUT2D eigenvalue weighted by atomic mass is 32.2. The summed E-state index contributed by atoms with van der Waals surface area (Å²) in [4.78, 5) is 67.4. The number of carboxylic acids is 1. The summed E-state index contributed by atoms with van der Waals surface area (Å²) in [6, 6.07) is -1.87. The predicted octanol–water partition coefficient (Wildman–Crippen LogP) is -1.02. The normalized spacial score (nSPS) is 21.3. The van der Waals surface area contributed by atoms with Gasteiger partial charge in [0, 0.05) is 30.0 Å². The number of unbranched alkanes of at least 4 members (excludes halogenated alkanes) is 2. The molecule has 2 aliphatic rings. The van der Waals surface area contributed by atoms with E-state index in [2.05, 4.69) is 36.6 Å². The standard InChI is InChI=1S/C24H38N8O6S/c25-8-4-3-5-15(22(35)27-11-20(34)30-16(23(36)37)9-14-10-26-13-28-14)29-19(33)7-2-1-6-18-21-17(12-39-18)31-24(38)32-21/h10,13,15-18,21H,1-9,11-12,25H2,(H,26,28)(H,27,35)(H,29,33)(H,30,34)(H,36,37)(H2,31,32,38)/t15-,16-,17-,18-,21-/m0/s1. The van der Waals surface area contributed by atoms with Crippen molar-refractivity contribution in [1.29, 1.82) is 0 Å². The fourth-order valence-electron chi connectivity index (χ4n) is 4.65. The van der Waals surface area contributed by atoms with Crippen LogP contribution in [-0.4, -0.2) is 93.1 Å². The maximum Gasteiger partial charge on any atom is 0.326 e. The van der Waals surface area contributed by atoms with Gasteiger partial charge in [0.15, 0.2) is 0 Å². The van der Waals surface area contributed by atoms with E-state index in [4.69, 9.17) is 5.73 Å². The molecule has 3 heterocycles. The monoisotopic (exact) mass is 566 g/mol. The lowest BCUT2D eigenvalue weighted by Gasteiger charge is -2.19. The van der Waals surface area contributed by atoms with Crippen LogP contribution in [0.2, 0.25) is 0 Å². The maximum atomic E-state index is 12.8. The fourth-order valence-corrected chi connectivity index (χ4v) is 6.19. The van der Waals surface area contributed by atoms with Crippen LogP contribution in [0.4, 0.5) is 4.79 Å². The molecule has 216 valence electrons. The fraction of sp³-hybridized carbons (Fsp3) is 0.667. The number of hydrogen-bond donors (Lipinski definition) is 8. The number of imidazole rings is 1. The molecule has 0 spiro atoms. The highest BCUT2D eigenvalue weighted by Gasteiger charge is 2.42. The minimum atomic E-state index is -1.22. The molecule has 2 aliphatic heterocycles. The van der Waals surface area contributed by atoms with Crippen molar-refractivity contribution in [3.63, 3.8) is 0 Å². The molecule has 5 amide bonds. The third kappa shape index (κ3) is 9.73. The Morgan fingerprint density at radius 1 is 1.10 bits per heavy atom. The number of thioether (sulfide) groups is 1. The van der Waals surface area contributed by atoms with Crippen molar-refractivity contribution in [1.82, 2.24) is 36.6 Å². The molecular weight excluding hydrogens is 528 g/mol. The molecule has 2 fully saturated rings. The summed E-state index contributed by atoms with van der Waals surface area (Å²) in [5.41, 5.74) is 6.03. The van der Waals surface area contributed by atoms with Gasteiger partial charge in [0.25, 0.3) is 0 Å². The first-order chi connectivity index (χ1) is 18.8. The molecule has 3 rings (SSSR count). The number of hydrogen-bond acceptors (Lipinski definition) is 8. The second-order valence-corrected chi connectivity index (χ2v) is 11.0. The Balaban J connectivity index is 1.40. The van der Waals surface area contributed by atoms with E-state index in [-0.39, 0.29) is 36.9 Å². The summed E-state index contributed by atoms with van der Waals surface area (Å²) in [5, 5.41) is 23.2. The number of aromatic nitrogens is 2. The first-order valence-electron chi connectivity index (χ1n) is 13.2. The van der Waals surface area contributed by atoms with Crippen molar-refractivity contribution in [2.75, 3.05) is 18.8 Å². The Labute approximate surface area is 230 Å². The number of aromatic amines is 1. The number of nitrogens with one attached hydrogen (secondary N) is 6. The van der Waals surface area contributed by atoms with Crippen LogP contribution in [0.15, 0.2) is 12.5 Å². The van der Waals surface area contributed by atoms with Crippen LogP contribution < -0.4 is 32.3 Å². The van der Waals surface area contributed by atoms with Gasteiger partial charge in [0.1, 0.15) is 12.1 Å². The van der Waals surface area contributed by atoms with Crippen LogP contribution in [0, 0.1) is 0 Å². The Morgan fingerprint density at radius 2 is 1.90 bits per heavy atom. The summed E-state index contributed by atoms with van der Waals surface area (Å²) in [6.45, 7) is 0.0212. The van der Waals surface area contributed by atoms with E-state index < -0.39 is 36.4 Å². The van der Waals surface area contributed by atoms with Crippen LogP contribution in [0.5, 0.6) is 0 Å². The molecule has 0 bridgehead atoms. The minimum Gasteiger partial charge on any atom is -0.480 e. The van der Waals surface area contributed by atoms with Gasteiger partial charge in [-0.1, -0.05) is 6.42 Å². The number of nitrogens with two attached hydrogens (primary N) is 1. The summed E-state index contributed by atoms with van der Waals surface area (Å²) in [7, 11) is 0. The summed E-state index contributed by atoms with van der Waals surface area (Å²) in [6.07, 6.45) is 7.20. The lowest BCUT2D eigenvalue weighted by Crippen LogP contribution is -2.51. The average molecular weight is 567 g/mol. The van der Waals surface area contributed by atoms with Gasteiger partial charge in [-0.3, -0.25) is 14.4 Å². The lowest BCUT2D eigenvalue weighted by atomic mass is 10.0. The van der Waals surface area contributed by atoms with Gasteiger partial charge in [-0.05, 0) is 38.6 Å². The van der Waals surface area contributed by atoms with Crippen molar-refractivity contribution in [2.24, 2.45) is 5.73 Å². The third-order valence-electron chi connectivity index (χ3n) is 6.70. The van der Waals surface area contributed by atoms with Gasteiger partial charge in [-0.25, -0.2) is 14.6 Å². The minimum absolute atomic E-state index is 0.0114. The number of nitrogens with zero attached hydrogens (tertiary/aromatic N) is 1. The number of amides is 5. The zero-order chi connectivity index (χ0) is 28.2. The molecule has 1 aromatic heterocycles. The predicted molar refractivity (Wildman–Crippen MR) is 144 cm³/mol. The van der Waals surface area contributed by atoms with Crippen LogP contribution in [0.1, 0.15) is 50.6 Å². The van der Waals surface area contributed by atoms with Crippen molar-refractivity contribution in [3.8, 4) is 0 Å². The highest BCUT2D eigenvalue weighted by molar-refractivity contribution is 8.00. The molecule has 0 saturated carbocycles. The van der Waals surface area contributed by atoms with Gasteiger partial charge in [0.05, 0.1) is 30.6 Å². The number of aliphatic carboxylic acids is 1. The largest absolute Gasteiger partial charge is 0.480 e. The Bertz CT molecular complexity index is 993. The van der Waals surface area contributed by atoms with Crippen molar-refractivity contribution in [3.05, 3.63) is 18.2 Å². The van der Waals surface area contributed by atoms with Crippen molar-refractivity contribution in [2.45, 2.75) is 80.8 Å². The molecular formula is C24H38N8O6S. The van der Waals surface area contributed by atoms with E-state index in [1.807, 2.05) is 11.8 Å². The number of H-pyrrole nitrogens is 1. The molecule has 0 unspecified atom stereocenters. The molecule has 0 aromatic carbocycles. The molecule has 0 aliphatic carbocycles. The van der Waals surface area contributed by atoms with Gasteiger partial charge < -0.3 is 42.4 Å². The number of carboxylic acid groups (broad SMARTS) is 1. The number of rotatable bonds is 17. The molecule has 15 heteroatoms. The zero-order valence-corrected chi connectivity index (χ0v) is 22.6. The third-order valence-corrected chi connectivity index (χ3v) is 8.21. The Morgan fingerprint density at radius 3 is 2.62 bits per heavy atom. The van der Waals surface area contributed by atoms with Crippen molar-refractivity contribution >= 4 is 41.5 Å². The van der Waals surface area contributed by atoms with E-state index in [1.54, 1.807) is 0 Å². The molecule has 9 N–H and O–H groups in total. The summed E-state index contributed by atoms with van der Waals surface area (Å²) >= 11 is 1.82. The van der Waals surface area contributed by atoms with Gasteiger partial charge >= 0.3 is 12.0 Å². The molecule has 1 aromatic rings. The van der Waals surface area contributed by atoms with Crippen LogP contribution in [0.25, 0.3) is 0 Å². The molecule has 39 heavy (non-hydrogen) atoms. The lowest BCUT2D eigenvalue weighted by molar-refractivity contribution is -0.141. The average Bonchev–Trinajstić information content (AvgIpc) is 3.63. The Kier molecular flexibility index (Phi) is 11.9. The number of fused-ring (bicyclic) bond motifs is 1. The van der Waals surface area contributed by atoms with E-state index in [1.165, 1.54) is 12.5 Å². The van der Waals surface area contributed by atoms with Crippen LogP contribution in [-0.2, 0) is 25.6 Å². The first-order valence-corrected chi connectivity index (χ1v) is 14.3. The number of urea groups is 1. The Hall–Kier alpha value is -3.33. The summed E-state index contributed by atoms with van der Waals surface area (Å²) < 4.78 is 0. The van der Waals surface area contributed by atoms with E-state index in [0.717, 1.165) is 18.6 Å². The first kappa shape index (κ1) is 30.2.